The van der Waals surface area contributed by atoms with E-state index in [-0.39, 0.29) is 12.4 Å². The summed E-state index contributed by atoms with van der Waals surface area (Å²) in [6.07, 6.45) is 3.76. The number of alkyl halides is 1. The number of aromatic nitrogens is 3. The van der Waals surface area contributed by atoms with Gasteiger partial charge in [-0.2, -0.15) is 5.10 Å². The molecular formula is C12H18ClFN4. The molecule has 0 atom stereocenters. The topological polar surface area (TPSA) is 34.8 Å². The van der Waals surface area contributed by atoms with Gasteiger partial charge in [0.2, 0.25) is 0 Å². The van der Waals surface area contributed by atoms with Gasteiger partial charge in [0.15, 0.2) is 0 Å². The number of hydrogen-bond acceptors (Lipinski definition) is 2. The lowest BCUT2D eigenvalue weighted by atomic mass is 10.3. The van der Waals surface area contributed by atoms with E-state index in [9.17, 15) is 4.39 Å². The third-order valence-corrected chi connectivity index (χ3v) is 2.81. The summed E-state index contributed by atoms with van der Waals surface area (Å²) in [4.78, 5) is 0. The fourth-order valence-electron chi connectivity index (χ4n) is 1.81. The van der Waals surface area contributed by atoms with Crippen LogP contribution in [0.4, 0.5) is 10.2 Å². The maximum absolute atomic E-state index is 12.4. The highest BCUT2D eigenvalue weighted by molar-refractivity contribution is 5.85. The van der Waals surface area contributed by atoms with Crippen LogP contribution in [0, 0.1) is 6.92 Å². The Morgan fingerprint density at radius 2 is 2.22 bits per heavy atom. The molecule has 0 aliphatic carbocycles. The van der Waals surface area contributed by atoms with Crippen LogP contribution >= 0.6 is 12.4 Å². The van der Waals surface area contributed by atoms with Crippen LogP contribution in [0.2, 0.25) is 0 Å². The molecule has 0 radical (unpaired) electrons. The Hall–Kier alpha value is -1.49. The molecule has 2 aromatic heterocycles. The van der Waals surface area contributed by atoms with Gasteiger partial charge < -0.3 is 9.88 Å². The molecule has 0 unspecified atom stereocenters. The van der Waals surface area contributed by atoms with Crippen LogP contribution in [-0.4, -0.2) is 21.0 Å². The molecule has 0 saturated heterocycles. The molecule has 6 heteroatoms. The summed E-state index contributed by atoms with van der Waals surface area (Å²) < 4.78 is 16.1. The lowest BCUT2D eigenvalue weighted by Gasteiger charge is -2.10. The molecule has 18 heavy (non-hydrogen) atoms. The highest BCUT2D eigenvalue weighted by Crippen LogP contribution is 2.15. The summed E-state index contributed by atoms with van der Waals surface area (Å²) >= 11 is 0. The largest absolute Gasteiger partial charge is 0.364 e. The zero-order valence-electron chi connectivity index (χ0n) is 10.6. The molecule has 0 aliphatic rings. The van der Waals surface area contributed by atoms with Gasteiger partial charge in [-0.1, -0.05) is 0 Å². The number of hydrogen-bond donors (Lipinski definition) is 1. The van der Waals surface area contributed by atoms with E-state index in [4.69, 9.17) is 0 Å². The monoisotopic (exact) mass is 272 g/mol. The van der Waals surface area contributed by atoms with Crippen LogP contribution in [0.25, 0.3) is 0 Å². The third kappa shape index (κ3) is 3.04. The second-order valence-electron chi connectivity index (χ2n) is 4.05. The van der Waals surface area contributed by atoms with Gasteiger partial charge in [0.1, 0.15) is 12.5 Å². The van der Waals surface area contributed by atoms with Gasteiger partial charge in [-0.05, 0) is 19.1 Å². The van der Waals surface area contributed by atoms with Crippen molar-refractivity contribution in [2.24, 2.45) is 7.05 Å². The molecule has 1 N–H and O–H groups in total. The van der Waals surface area contributed by atoms with Gasteiger partial charge in [-0.15, -0.1) is 12.4 Å². The standard InChI is InChI=1S/C12H17FN4.ClH/c1-10-8-15-17(7-5-13)12(10)14-9-11-4-3-6-16(11)2;/h3-4,6,8,14H,5,7,9H2,1-2H3;1H. The van der Waals surface area contributed by atoms with Gasteiger partial charge in [0, 0.05) is 24.5 Å². The zero-order chi connectivity index (χ0) is 12.3. The first-order valence-electron chi connectivity index (χ1n) is 5.65. The summed E-state index contributed by atoms with van der Waals surface area (Å²) in [5.74, 6) is 0.892. The van der Waals surface area contributed by atoms with Crippen LogP contribution in [0.15, 0.2) is 24.5 Å². The van der Waals surface area contributed by atoms with Crippen LogP contribution in [0.3, 0.4) is 0 Å². The number of aryl methyl sites for hydroxylation is 3. The molecule has 0 aliphatic heterocycles. The number of halogens is 2. The molecular weight excluding hydrogens is 255 g/mol. The summed E-state index contributed by atoms with van der Waals surface area (Å²) in [6.45, 7) is 2.57. The average molecular weight is 273 g/mol. The number of nitrogens with zero attached hydrogens (tertiary/aromatic N) is 3. The first-order chi connectivity index (χ1) is 8.22. The first-order valence-corrected chi connectivity index (χ1v) is 5.65. The highest BCUT2D eigenvalue weighted by Gasteiger charge is 2.07. The summed E-state index contributed by atoms with van der Waals surface area (Å²) in [6, 6.07) is 4.06. The van der Waals surface area contributed by atoms with E-state index in [2.05, 4.69) is 21.0 Å². The van der Waals surface area contributed by atoms with Crippen molar-refractivity contribution in [2.45, 2.75) is 20.0 Å². The molecule has 0 bridgehead atoms. The Kier molecular flexibility index (Phi) is 5.22. The Morgan fingerprint density at radius 1 is 1.44 bits per heavy atom. The van der Waals surface area contributed by atoms with Gasteiger partial charge in [-0.3, -0.25) is 0 Å². The molecule has 0 spiro atoms. The van der Waals surface area contributed by atoms with E-state index in [1.54, 1.807) is 10.9 Å². The van der Waals surface area contributed by atoms with Crippen molar-refractivity contribution in [3.63, 3.8) is 0 Å². The smallest absolute Gasteiger partial charge is 0.127 e. The first kappa shape index (κ1) is 14.6. The van der Waals surface area contributed by atoms with Crippen molar-refractivity contribution in [3.8, 4) is 0 Å². The highest BCUT2D eigenvalue weighted by atomic mass is 35.5. The van der Waals surface area contributed by atoms with E-state index in [0.717, 1.165) is 11.4 Å². The molecule has 0 amide bonds. The summed E-state index contributed by atoms with van der Waals surface area (Å²) in [5.41, 5.74) is 2.21. The molecule has 100 valence electrons. The number of rotatable bonds is 5. The number of anilines is 1. The molecule has 0 fully saturated rings. The minimum atomic E-state index is -0.403. The minimum absolute atomic E-state index is 0. The summed E-state index contributed by atoms with van der Waals surface area (Å²) in [5, 5.41) is 7.44. The average Bonchev–Trinajstić information content (AvgIpc) is 2.85. The molecule has 2 rings (SSSR count). The van der Waals surface area contributed by atoms with Gasteiger partial charge in [0.25, 0.3) is 0 Å². The van der Waals surface area contributed by atoms with Gasteiger partial charge in [-0.25, -0.2) is 9.07 Å². The van der Waals surface area contributed by atoms with Gasteiger partial charge in [0.05, 0.1) is 19.3 Å². The van der Waals surface area contributed by atoms with Crippen molar-refractivity contribution in [1.29, 1.82) is 0 Å². The lowest BCUT2D eigenvalue weighted by Crippen LogP contribution is -2.11. The van der Waals surface area contributed by atoms with Crippen molar-refractivity contribution in [2.75, 3.05) is 12.0 Å². The second kappa shape index (κ2) is 6.44. The van der Waals surface area contributed by atoms with Crippen LogP contribution in [0.5, 0.6) is 0 Å². The maximum atomic E-state index is 12.4. The molecule has 2 heterocycles. The van der Waals surface area contributed by atoms with Crippen molar-refractivity contribution in [1.82, 2.24) is 14.3 Å². The van der Waals surface area contributed by atoms with Crippen molar-refractivity contribution < 1.29 is 4.39 Å². The Balaban J connectivity index is 0.00000162. The number of nitrogens with one attached hydrogen (secondary N) is 1. The minimum Gasteiger partial charge on any atom is -0.364 e. The normalized spacial score (nSPS) is 10.2. The molecule has 4 nitrogen and oxygen atoms in total. The SMILES string of the molecule is Cc1cnn(CCF)c1NCc1cccn1C.Cl. The Morgan fingerprint density at radius 3 is 2.83 bits per heavy atom. The van der Waals surface area contributed by atoms with E-state index < -0.39 is 6.67 Å². The third-order valence-electron chi connectivity index (χ3n) is 2.81. The van der Waals surface area contributed by atoms with E-state index in [1.807, 2.05) is 26.2 Å². The van der Waals surface area contributed by atoms with E-state index in [1.165, 1.54) is 5.69 Å². The Bertz CT molecular complexity index is 492. The van der Waals surface area contributed by atoms with E-state index >= 15 is 0 Å². The molecule has 0 aromatic carbocycles. The quantitative estimate of drug-likeness (QED) is 0.908. The zero-order valence-corrected chi connectivity index (χ0v) is 11.4. The van der Waals surface area contributed by atoms with Crippen molar-refractivity contribution >= 4 is 18.2 Å². The lowest BCUT2D eigenvalue weighted by molar-refractivity contribution is 0.429. The van der Waals surface area contributed by atoms with Crippen LogP contribution in [0.1, 0.15) is 11.3 Å². The Labute approximate surface area is 112 Å². The molecule has 0 saturated carbocycles. The fraction of sp³-hybridized carbons (Fsp3) is 0.417. The van der Waals surface area contributed by atoms with Crippen molar-refractivity contribution in [3.05, 3.63) is 35.8 Å². The maximum Gasteiger partial charge on any atom is 0.127 e. The fourth-order valence-corrected chi connectivity index (χ4v) is 1.81. The van der Waals surface area contributed by atoms with Crippen LogP contribution in [-0.2, 0) is 20.1 Å². The summed E-state index contributed by atoms with van der Waals surface area (Å²) in [7, 11) is 2.00. The second-order valence-corrected chi connectivity index (χ2v) is 4.05. The van der Waals surface area contributed by atoms with E-state index in [0.29, 0.717) is 13.1 Å². The van der Waals surface area contributed by atoms with Crippen LogP contribution < -0.4 is 5.32 Å². The predicted molar refractivity (Wildman–Crippen MR) is 72.9 cm³/mol. The molecule has 2 aromatic rings. The predicted octanol–water partition coefficient (Wildman–Crippen LogP) is 2.53. The van der Waals surface area contributed by atoms with Gasteiger partial charge >= 0.3 is 0 Å².